The molecule has 2 rings (SSSR count). The van der Waals surface area contributed by atoms with Crippen molar-refractivity contribution in [2.24, 2.45) is 0 Å². The number of esters is 1. The molecule has 114 valence electrons. The zero-order chi connectivity index (χ0) is 14.8. The Kier molecular flexibility index (Phi) is 4.64. The van der Waals surface area contributed by atoms with E-state index in [0.29, 0.717) is 19.4 Å². The second kappa shape index (κ2) is 6.09. The first-order valence-corrected chi connectivity index (χ1v) is 8.55. The minimum Gasteiger partial charge on any atom is -0.468 e. The third kappa shape index (κ3) is 3.69. The lowest BCUT2D eigenvalue weighted by Gasteiger charge is -2.22. The predicted octanol–water partition coefficient (Wildman–Crippen LogP) is -1.07. The van der Waals surface area contributed by atoms with Gasteiger partial charge in [-0.2, -0.15) is 0 Å². The third-order valence-corrected chi connectivity index (χ3v) is 5.55. The molecule has 2 fully saturated rings. The van der Waals surface area contributed by atoms with Gasteiger partial charge in [-0.25, -0.2) is 8.42 Å². The van der Waals surface area contributed by atoms with Gasteiger partial charge in [0.25, 0.3) is 0 Å². The Balaban J connectivity index is 1.84. The zero-order valence-electron chi connectivity index (χ0n) is 11.5. The van der Waals surface area contributed by atoms with Crippen LogP contribution in [0.4, 0.5) is 0 Å². The van der Waals surface area contributed by atoms with Crippen LogP contribution >= 0.6 is 0 Å². The van der Waals surface area contributed by atoms with Crippen molar-refractivity contribution in [2.45, 2.75) is 31.3 Å². The molecule has 2 heterocycles. The largest absolute Gasteiger partial charge is 0.468 e. The van der Waals surface area contributed by atoms with E-state index in [9.17, 15) is 18.0 Å². The summed E-state index contributed by atoms with van der Waals surface area (Å²) in [6.45, 7) is 0.784. The summed E-state index contributed by atoms with van der Waals surface area (Å²) in [4.78, 5) is 25.3. The molecule has 2 saturated heterocycles. The number of methoxy groups -OCH3 is 1. The molecule has 2 unspecified atom stereocenters. The summed E-state index contributed by atoms with van der Waals surface area (Å²) in [5, 5.41) is 2.73. The van der Waals surface area contributed by atoms with Crippen LogP contribution in [0.25, 0.3) is 0 Å². The predicted molar refractivity (Wildman–Crippen MR) is 71.8 cm³/mol. The van der Waals surface area contributed by atoms with E-state index in [0.717, 1.165) is 6.42 Å². The minimum absolute atomic E-state index is 0.0131. The molecular weight excluding hydrogens is 284 g/mol. The van der Waals surface area contributed by atoms with Gasteiger partial charge >= 0.3 is 5.97 Å². The quantitative estimate of drug-likeness (QED) is 0.665. The number of sulfone groups is 1. The maximum absolute atomic E-state index is 11.9. The molecule has 0 radical (unpaired) electrons. The molecule has 2 aliphatic rings. The van der Waals surface area contributed by atoms with E-state index < -0.39 is 9.84 Å². The van der Waals surface area contributed by atoms with Gasteiger partial charge in [-0.1, -0.05) is 0 Å². The van der Waals surface area contributed by atoms with Crippen molar-refractivity contribution >= 4 is 21.7 Å². The molecule has 0 saturated carbocycles. The van der Waals surface area contributed by atoms with Crippen molar-refractivity contribution in [3.8, 4) is 0 Å². The number of ether oxygens (including phenoxy) is 1. The SMILES string of the molecule is COC(=O)C1CCCN1CC(=O)NC1CCS(=O)(=O)C1. The monoisotopic (exact) mass is 304 g/mol. The lowest BCUT2D eigenvalue weighted by Crippen LogP contribution is -2.46. The van der Waals surface area contributed by atoms with Crippen molar-refractivity contribution in [3.05, 3.63) is 0 Å². The fourth-order valence-corrected chi connectivity index (χ4v) is 4.46. The van der Waals surface area contributed by atoms with E-state index in [2.05, 4.69) is 5.32 Å². The normalized spacial score (nSPS) is 29.2. The fourth-order valence-electron chi connectivity index (χ4n) is 2.78. The topological polar surface area (TPSA) is 92.8 Å². The van der Waals surface area contributed by atoms with Gasteiger partial charge in [0.2, 0.25) is 5.91 Å². The number of hydrogen-bond donors (Lipinski definition) is 1. The second-order valence-corrected chi connectivity index (χ2v) is 7.55. The number of amides is 1. The number of likely N-dealkylation sites (tertiary alicyclic amines) is 1. The van der Waals surface area contributed by atoms with Gasteiger partial charge in [-0.15, -0.1) is 0 Å². The number of nitrogens with zero attached hydrogens (tertiary/aromatic N) is 1. The van der Waals surface area contributed by atoms with E-state index in [1.165, 1.54) is 7.11 Å². The lowest BCUT2D eigenvalue weighted by atomic mass is 10.2. The number of nitrogens with one attached hydrogen (secondary N) is 1. The van der Waals surface area contributed by atoms with Crippen LogP contribution in [0.1, 0.15) is 19.3 Å². The molecule has 0 aliphatic carbocycles. The van der Waals surface area contributed by atoms with Crippen LogP contribution in [0.3, 0.4) is 0 Å². The second-order valence-electron chi connectivity index (χ2n) is 5.32. The molecule has 0 aromatic rings. The van der Waals surface area contributed by atoms with Crippen LogP contribution in [0.5, 0.6) is 0 Å². The van der Waals surface area contributed by atoms with Crippen LogP contribution in [0.15, 0.2) is 0 Å². The van der Waals surface area contributed by atoms with Crippen molar-refractivity contribution < 1.29 is 22.7 Å². The Morgan fingerprint density at radius 2 is 2.10 bits per heavy atom. The maximum atomic E-state index is 11.9. The Morgan fingerprint density at radius 3 is 2.70 bits per heavy atom. The van der Waals surface area contributed by atoms with Crippen molar-refractivity contribution in [1.29, 1.82) is 0 Å². The molecule has 0 aromatic heterocycles. The molecular formula is C12H20N2O5S. The van der Waals surface area contributed by atoms with E-state index in [4.69, 9.17) is 4.74 Å². The van der Waals surface area contributed by atoms with E-state index in [1.807, 2.05) is 0 Å². The first kappa shape index (κ1) is 15.2. The first-order chi connectivity index (χ1) is 9.41. The lowest BCUT2D eigenvalue weighted by molar-refractivity contribution is -0.146. The molecule has 20 heavy (non-hydrogen) atoms. The summed E-state index contributed by atoms with van der Waals surface area (Å²) in [6, 6.07) is -0.662. The van der Waals surface area contributed by atoms with Gasteiger partial charge in [0.1, 0.15) is 6.04 Å². The van der Waals surface area contributed by atoms with Gasteiger partial charge in [0, 0.05) is 6.04 Å². The maximum Gasteiger partial charge on any atom is 0.323 e. The van der Waals surface area contributed by atoms with Crippen LogP contribution < -0.4 is 5.32 Å². The molecule has 0 aromatic carbocycles. The van der Waals surface area contributed by atoms with Gasteiger partial charge in [0.05, 0.1) is 25.2 Å². The van der Waals surface area contributed by atoms with E-state index in [1.54, 1.807) is 4.90 Å². The summed E-state index contributed by atoms with van der Waals surface area (Å²) in [6.07, 6.45) is 2.01. The Hall–Kier alpha value is -1.15. The van der Waals surface area contributed by atoms with Crippen LogP contribution in [-0.2, 0) is 24.2 Å². The summed E-state index contributed by atoms with van der Waals surface area (Å²) in [5.41, 5.74) is 0. The molecule has 7 nitrogen and oxygen atoms in total. The highest BCUT2D eigenvalue weighted by atomic mass is 32.2. The smallest absolute Gasteiger partial charge is 0.323 e. The van der Waals surface area contributed by atoms with Crippen molar-refractivity contribution in [2.75, 3.05) is 31.7 Å². The van der Waals surface area contributed by atoms with Gasteiger partial charge in [0.15, 0.2) is 9.84 Å². The van der Waals surface area contributed by atoms with Crippen molar-refractivity contribution in [3.63, 3.8) is 0 Å². The number of rotatable bonds is 4. The highest BCUT2D eigenvalue weighted by Crippen LogP contribution is 2.18. The molecule has 1 N–H and O–H groups in total. The van der Waals surface area contributed by atoms with Crippen LogP contribution in [-0.4, -0.2) is 69.0 Å². The number of hydrogen-bond acceptors (Lipinski definition) is 6. The summed E-state index contributed by atoms with van der Waals surface area (Å²) in [7, 11) is -1.66. The third-order valence-electron chi connectivity index (χ3n) is 3.78. The average molecular weight is 304 g/mol. The van der Waals surface area contributed by atoms with Crippen LogP contribution in [0.2, 0.25) is 0 Å². The zero-order valence-corrected chi connectivity index (χ0v) is 12.3. The van der Waals surface area contributed by atoms with Crippen LogP contribution in [0, 0.1) is 0 Å². The molecule has 1 amide bonds. The summed E-state index contributed by atoms with van der Waals surface area (Å²) < 4.78 is 27.4. The Labute approximate surface area is 118 Å². The molecule has 2 atom stereocenters. The van der Waals surface area contributed by atoms with Gasteiger partial charge < -0.3 is 10.1 Å². The minimum atomic E-state index is -3.00. The summed E-state index contributed by atoms with van der Waals surface area (Å²) >= 11 is 0. The molecule has 2 aliphatic heterocycles. The molecule has 0 spiro atoms. The van der Waals surface area contributed by atoms with E-state index >= 15 is 0 Å². The van der Waals surface area contributed by atoms with Gasteiger partial charge in [-0.3, -0.25) is 14.5 Å². The first-order valence-electron chi connectivity index (χ1n) is 6.73. The Bertz CT molecular complexity index is 490. The fraction of sp³-hybridized carbons (Fsp3) is 0.833. The number of carbonyl (C=O) groups is 2. The highest BCUT2D eigenvalue weighted by Gasteiger charge is 2.34. The molecule has 0 bridgehead atoms. The standard InChI is InChI=1S/C12H20N2O5S/c1-19-12(16)10-3-2-5-14(10)7-11(15)13-9-4-6-20(17,18)8-9/h9-10H,2-8H2,1H3,(H,13,15). The van der Waals surface area contributed by atoms with Crippen molar-refractivity contribution in [1.82, 2.24) is 10.2 Å². The van der Waals surface area contributed by atoms with E-state index in [-0.39, 0.29) is 42.0 Å². The highest BCUT2D eigenvalue weighted by molar-refractivity contribution is 7.91. The average Bonchev–Trinajstić information content (AvgIpc) is 2.95. The molecule has 8 heteroatoms. The summed E-state index contributed by atoms with van der Waals surface area (Å²) in [5.74, 6) is -0.410. The Morgan fingerprint density at radius 1 is 1.35 bits per heavy atom. The van der Waals surface area contributed by atoms with Gasteiger partial charge in [-0.05, 0) is 25.8 Å². The number of carbonyl (C=O) groups excluding carboxylic acids is 2.